The van der Waals surface area contributed by atoms with Crippen molar-refractivity contribution in [3.63, 3.8) is 0 Å². The van der Waals surface area contributed by atoms with Crippen molar-refractivity contribution in [3.8, 4) is 6.07 Å². The Hall–Kier alpha value is -2.13. The standard InChI is InChI=1S/C20H19F3N2O/c1-18(16-3-2-7-19(16,18)17(26)20(21,22)23)10-12-4-5-14-13(9-12)6-8-25-15(14)11-24/h4-6,8-9,16-17,26H,2-3,7,10H2,1H3/t16-,17-,18+,19+/m1/s1. The number of alkyl halides is 3. The SMILES string of the molecule is C[C@]1(Cc2ccc3c(C#N)nccc3c2)[C@H]2CCC[C@@]21[C@@H](O)C(F)(F)F. The van der Waals surface area contributed by atoms with Gasteiger partial charge in [-0.3, -0.25) is 0 Å². The Balaban J connectivity index is 1.67. The van der Waals surface area contributed by atoms with Gasteiger partial charge in [0, 0.05) is 17.0 Å². The lowest BCUT2D eigenvalue weighted by Crippen LogP contribution is -2.40. The Bertz CT molecular complexity index is 919. The van der Waals surface area contributed by atoms with Crippen molar-refractivity contribution in [2.24, 2.45) is 16.7 Å². The number of aliphatic hydroxyl groups excluding tert-OH is 1. The Morgan fingerprint density at radius 2 is 2.15 bits per heavy atom. The minimum atomic E-state index is -4.59. The lowest BCUT2D eigenvalue weighted by molar-refractivity contribution is -0.229. The normalized spacial score (nSPS) is 31.5. The van der Waals surface area contributed by atoms with Gasteiger partial charge in [0.1, 0.15) is 11.8 Å². The monoisotopic (exact) mass is 360 g/mol. The molecule has 2 aliphatic carbocycles. The van der Waals surface area contributed by atoms with E-state index < -0.39 is 23.1 Å². The van der Waals surface area contributed by atoms with Crippen LogP contribution in [0.25, 0.3) is 10.8 Å². The van der Waals surface area contributed by atoms with Gasteiger partial charge in [-0.2, -0.15) is 18.4 Å². The minimum Gasteiger partial charge on any atom is -0.383 e. The minimum absolute atomic E-state index is 0.102. The van der Waals surface area contributed by atoms with Crippen molar-refractivity contribution in [2.75, 3.05) is 0 Å². The molecule has 0 unspecified atom stereocenters. The predicted molar refractivity (Wildman–Crippen MR) is 90.1 cm³/mol. The number of rotatable bonds is 3. The van der Waals surface area contributed by atoms with Gasteiger partial charge < -0.3 is 5.11 Å². The molecule has 2 aliphatic rings. The van der Waals surface area contributed by atoms with E-state index in [4.69, 9.17) is 5.26 Å². The highest BCUT2D eigenvalue weighted by atomic mass is 19.4. The molecule has 0 radical (unpaired) electrons. The van der Waals surface area contributed by atoms with Gasteiger partial charge in [-0.15, -0.1) is 0 Å². The molecule has 0 amide bonds. The number of aliphatic hydroxyl groups is 1. The topological polar surface area (TPSA) is 56.9 Å². The van der Waals surface area contributed by atoms with Crippen LogP contribution < -0.4 is 0 Å². The van der Waals surface area contributed by atoms with E-state index in [1.54, 1.807) is 12.3 Å². The van der Waals surface area contributed by atoms with Crippen LogP contribution in [0.4, 0.5) is 13.2 Å². The third-order valence-corrected chi connectivity index (χ3v) is 6.76. The van der Waals surface area contributed by atoms with Crippen LogP contribution in [0, 0.1) is 28.1 Å². The molecule has 0 spiro atoms. The van der Waals surface area contributed by atoms with Crippen molar-refractivity contribution < 1.29 is 18.3 Å². The molecular formula is C20H19F3N2O. The summed E-state index contributed by atoms with van der Waals surface area (Å²) < 4.78 is 39.8. The third-order valence-electron chi connectivity index (χ3n) is 6.76. The van der Waals surface area contributed by atoms with Gasteiger partial charge in [0.25, 0.3) is 0 Å². The number of hydrogen-bond acceptors (Lipinski definition) is 3. The first-order valence-corrected chi connectivity index (χ1v) is 8.76. The fraction of sp³-hybridized carbons (Fsp3) is 0.500. The fourth-order valence-corrected chi connectivity index (χ4v) is 5.60. The Kier molecular flexibility index (Phi) is 3.61. The second-order valence-electron chi connectivity index (χ2n) is 7.85. The summed E-state index contributed by atoms with van der Waals surface area (Å²) in [6.45, 7) is 1.88. The van der Waals surface area contributed by atoms with E-state index in [0.29, 0.717) is 18.5 Å². The molecule has 4 rings (SSSR count). The largest absolute Gasteiger partial charge is 0.414 e. The molecule has 2 fully saturated rings. The van der Waals surface area contributed by atoms with E-state index in [1.165, 1.54) is 0 Å². The van der Waals surface area contributed by atoms with Crippen LogP contribution in [0.15, 0.2) is 30.5 Å². The van der Waals surface area contributed by atoms with E-state index in [9.17, 15) is 18.3 Å². The number of aromatic nitrogens is 1. The number of nitriles is 1. The van der Waals surface area contributed by atoms with Gasteiger partial charge in [-0.1, -0.05) is 31.5 Å². The third kappa shape index (κ3) is 2.20. The molecule has 0 aliphatic heterocycles. The van der Waals surface area contributed by atoms with Crippen LogP contribution in [0.2, 0.25) is 0 Å². The molecule has 1 aromatic heterocycles. The van der Waals surface area contributed by atoms with E-state index in [-0.39, 0.29) is 5.92 Å². The molecule has 0 bridgehead atoms. The average Bonchev–Trinajstić information content (AvgIpc) is 2.93. The number of hydrogen-bond donors (Lipinski definition) is 1. The highest BCUT2D eigenvalue weighted by Gasteiger charge is 2.80. The summed E-state index contributed by atoms with van der Waals surface area (Å²) in [6, 6.07) is 9.44. The summed E-state index contributed by atoms with van der Waals surface area (Å²) in [5.74, 6) is -0.102. The van der Waals surface area contributed by atoms with E-state index in [1.807, 2.05) is 25.1 Å². The lowest BCUT2D eigenvalue weighted by Gasteiger charge is -2.29. The Morgan fingerprint density at radius 3 is 2.85 bits per heavy atom. The number of pyridine rings is 1. The van der Waals surface area contributed by atoms with Gasteiger partial charge in [-0.25, -0.2) is 4.98 Å². The van der Waals surface area contributed by atoms with E-state index in [2.05, 4.69) is 11.1 Å². The first-order chi connectivity index (χ1) is 12.2. The Labute approximate surface area is 149 Å². The van der Waals surface area contributed by atoms with Crippen LogP contribution in [0.5, 0.6) is 0 Å². The number of benzene rings is 1. The second kappa shape index (κ2) is 5.43. The van der Waals surface area contributed by atoms with Gasteiger partial charge in [0.2, 0.25) is 0 Å². The highest BCUT2D eigenvalue weighted by Crippen LogP contribution is 2.80. The molecule has 26 heavy (non-hydrogen) atoms. The first kappa shape index (κ1) is 17.3. The summed E-state index contributed by atoms with van der Waals surface area (Å²) in [7, 11) is 0. The number of fused-ring (bicyclic) bond motifs is 2. The molecule has 1 aromatic carbocycles. The maximum atomic E-state index is 13.3. The van der Waals surface area contributed by atoms with Crippen LogP contribution in [-0.2, 0) is 6.42 Å². The summed E-state index contributed by atoms with van der Waals surface area (Å²) in [5.41, 5.74) is -0.347. The molecule has 136 valence electrons. The van der Waals surface area contributed by atoms with Gasteiger partial charge in [-0.05, 0) is 47.6 Å². The molecule has 6 heteroatoms. The van der Waals surface area contributed by atoms with Crippen LogP contribution >= 0.6 is 0 Å². The van der Waals surface area contributed by atoms with Crippen molar-refractivity contribution in [2.45, 2.75) is 44.9 Å². The molecular weight excluding hydrogens is 341 g/mol. The van der Waals surface area contributed by atoms with Crippen molar-refractivity contribution in [3.05, 3.63) is 41.7 Å². The van der Waals surface area contributed by atoms with Gasteiger partial charge in [0.05, 0.1) is 0 Å². The maximum Gasteiger partial charge on any atom is 0.414 e. The zero-order valence-corrected chi connectivity index (χ0v) is 14.3. The smallest absolute Gasteiger partial charge is 0.383 e. The average molecular weight is 360 g/mol. The molecule has 4 atom stereocenters. The summed E-state index contributed by atoms with van der Waals surface area (Å²) in [4.78, 5) is 4.03. The zero-order chi connectivity index (χ0) is 18.7. The summed E-state index contributed by atoms with van der Waals surface area (Å²) in [6.07, 6.45) is -2.90. The molecule has 1 N–H and O–H groups in total. The quantitative estimate of drug-likeness (QED) is 0.884. The number of nitrogens with zero attached hydrogens (tertiary/aromatic N) is 2. The lowest BCUT2D eigenvalue weighted by atomic mass is 9.81. The van der Waals surface area contributed by atoms with Crippen LogP contribution in [0.3, 0.4) is 0 Å². The maximum absolute atomic E-state index is 13.3. The zero-order valence-electron chi connectivity index (χ0n) is 14.3. The first-order valence-electron chi connectivity index (χ1n) is 8.76. The molecule has 3 nitrogen and oxygen atoms in total. The Morgan fingerprint density at radius 1 is 1.38 bits per heavy atom. The highest BCUT2D eigenvalue weighted by molar-refractivity contribution is 5.86. The van der Waals surface area contributed by atoms with Crippen molar-refractivity contribution >= 4 is 10.8 Å². The van der Waals surface area contributed by atoms with Crippen LogP contribution in [0.1, 0.15) is 37.4 Å². The molecule has 2 saturated carbocycles. The van der Waals surface area contributed by atoms with E-state index >= 15 is 0 Å². The predicted octanol–water partition coefficient (Wildman–Crippen LogP) is 4.38. The van der Waals surface area contributed by atoms with Crippen molar-refractivity contribution in [1.82, 2.24) is 4.98 Å². The number of halogens is 3. The molecule has 0 saturated heterocycles. The fourth-order valence-electron chi connectivity index (χ4n) is 5.60. The second-order valence-corrected chi connectivity index (χ2v) is 7.85. The summed E-state index contributed by atoms with van der Waals surface area (Å²) in [5, 5.41) is 20.8. The van der Waals surface area contributed by atoms with Crippen molar-refractivity contribution in [1.29, 1.82) is 5.26 Å². The summed E-state index contributed by atoms with van der Waals surface area (Å²) >= 11 is 0. The van der Waals surface area contributed by atoms with E-state index in [0.717, 1.165) is 29.2 Å². The molecule has 2 aromatic rings. The molecule has 1 heterocycles. The van der Waals surface area contributed by atoms with Crippen LogP contribution in [-0.4, -0.2) is 22.4 Å². The van der Waals surface area contributed by atoms with Gasteiger partial charge >= 0.3 is 6.18 Å². The van der Waals surface area contributed by atoms with Gasteiger partial charge in [0.15, 0.2) is 6.10 Å².